The summed E-state index contributed by atoms with van der Waals surface area (Å²) in [6, 6.07) is 1.44. The van der Waals surface area contributed by atoms with E-state index in [0.717, 1.165) is 28.2 Å². The van der Waals surface area contributed by atoms with Crippen molar-refractivity contribution >= 4 is 20.2 Å². The first kappa shape index (κ1) is 17.7. The van der Waals surface area contributed by atoms with E-state index in [-0.39, 0.29) is 0 Å². The van der Waals surface area contributed by atoms with Gasteiger partial charge in [-0.3, -0.25) is 0 Å². The zero-order chi connectivity index (χ0) is 14.8. The van der Waals surface area contributed by atoms with Crippen LogP contribution in [0.5, 0.6) is 0 Å². The summed E-state index contributed by atoms with van der Waals surface area (Å²) in [7, 11) is 1.26. The molecule has 2 aliphatic carbocycles. The van der Waals surface area contributed by atoms with Crippen molar-refractivity contribution in [1.82, 2.24) is 0 Å². The molecule has 2 aliphatic rings. The molecule has 0 aromatic carbocycles. The molecule has 0 aromatic rings. The summed E-state index contributed by atoms with van der Waals surface area (Å²) in [6.45, 7) is 0. The van der Waals surface area contributed by atoms with Gasteiger partial charge in [0.1, 0.15) is 10.5 Å². The summed E-state index contributed by atoms with van der Waals surface area (Å²) in [5.74, 6) is 3.10. The Bertz CT molecular complexity index is 222. The van der Waals surface area contributed by atoms with Gasteiger partial charge >= 0.3 is 0 Å². The number of hydrogen-bond donors (Lipinski definition) is 0. The number of hydrogen-bond acceptors (Lipinski definition) is 1. The molecule has 123 valence electrons. The van der Waals surface area contributed by atoms with Crippen molar-refractivity contribution in [3.8, 4) is 0 Å². The monoisotopic (exact) mass is 325 g/mol. The van der Waals surface area contributed by atoms with Crippen LogP contribution in [0.4, 0.5) is 0 Å². The van der Waals surface area contributed by atoms with Gasteiger partial charge in [-0.25, -0.2) is 0 Å². The maximum Gasteiger partial charge on any atom is 0.177 e. The molecule has 0 heterocycles. The fraction of sp³-hybridized carbons (Fsp3) is 1.00. The molecule has 0 unspecified atom stereocenters. The highest BCUT2D eigenvalue weighted by molar-refractivity contribution is 6.34. The number of rotatable bonds is 5. The van der Waals surface area contributed by atoms with E-state index in [1.165, 1.54) is 95.9 Å². The van der Waals surface area contributed by atoms with E-state index >= 15 is 0 Å². The minimum absolute atomic E-state index is 0.302. The summed E-state index contributed by atoms with van der Waals surface area (Å²) in [4.78, 5) is 0. The second kappa shape index (κ2) is 11.0. The summed E-state index contributed by atoms with van der Waals surface area (Å²) in [5.41, 5.74) is 0. The van der Waals surface area contributed by atoms with Crippen LogP contribution in [0.3, 0.4) is 0 Å². The van der Waals surface area contributed by atoms with Gasteiger partial charge in [0.15, 0.2) is 9.76 Å². The molecular weight excluding hydrogens is 288 g/mol. The Morgan fingerprint density at radius 3 is 1.48 bits per heavy atom. The largest absolute Gasteiger partial charge is 0.466 e. The van der Waals surface area contributed by atoms with Gasteiger partial charge in [0.2, 0.25) is 0 Å². The zero-order valence-corrected chi connectivity index (χ0v) is 17.5. The van der Waals surface area contributed by atoms with Crippen LogP contribution >= 0.6 is 0 Å². The van der Waals surface area contributed by atoms with Crippen molar-refractivity contribution in [3.05, 3.63) is 0 Å². The van der Waals surface area contributed by atoms with E-state index in [2.05, 4.69) is 0 Å². The molecule has 2 rings (SSSR count). The third kappa shape index (κ3) is 6.58. The highest BCUT2D eigenvalue weighted by Gasteiger charge is 2.29. The standard InChI is InChI=1S/C18H37OSi2/c20-19-21-15-18(16-11-7-3-1-4-8-12-16)17-13-9-5-2-6-10-14-17/h16-18,21H,1-15H2,20H3. The van der Waals surface area contributed by atoms with Gasteiger partial charge in [0, 0.05) is 0 Å². The van der Waals surface area contributed by atoms with Crippen molar-refractivity contribution < 1.29 is 4.12 Å². The van der Waals surface area contributed by atoms with Gasteiger partial charge in [0.25, 0.3) is 0 Å². The van der Waals surface area contributed by atoms with Gasteiger partial charge in [-0.05, 0) is 23.8 Å². The Labute approximate surface area is 138 Å². The highest BCUT2D eigenvalue weighted by atomic mass is 28.3. The lowest BCUT2D eigenvalue weighted by atomic mass is 9.72. The van der Waals surface area contributed by atoms with E-state index < -0.39 is 0 Å². The topological polar surface area (TPSA) is 9.23 Å². The molecule has 2 fully saturated rings. The van der Waals surface area contributed by atoms with Gasteiger partial charge < -0.3 is 4.12 Å². The second-order valence-corrected chi connectivity index (χ2v) is 10.2. The molecular formula is C18H37OSi2. The summed E-state index contributed by atoms with van der Waals surface area (Å²) < 4.78 is 5.69. The Hall–Kier alpha value is 0.394. The van der Waals surface area contributed by atoms with Gasteiger partial charge in [-0.15, -0.1) is 0 Å². The van der Waals surface area contributed by atoms with E-state index in [9.17, 15) is 0 Å². The minimum Gasteiger partial charge on any atom is -0.466 e. The lowest BCUT2D eigenvalue weighted by Gasteiger charge is -2.36. The first-order valence-electron chi connectivity index (χ1n) is 9.76. The predicted octanol–water partition coefficient (Wildman–Crippen LogP) is 4.39. The van der Waals surface area contributed by atoms with Crippen molar-refractivity contribution in [2.45, 2.75) is 95.9 Å². The molecule has 0 N–H and O–H groups in total. The van der Waals surface area contributed by atoms with Crippen molar-refractivity contribution in [2.24, 2.45) is 17.8 Å². The van der Waals surface area contributed by atoms with Crippen LogP contribution < -0.4 is 0 Å². The van der Waals surface area contributed by atoms with Crippen LogP contribution in [-0.4, -0.2) is 20.2 Å². The lowest BCUT2D eigenvalue weighted by molar-refractivity contribution is 0.175. The summed E-state index contributed by atoms with van der Waals surface area (Å²) >= 11 is 0. The third-order valence-electron chi connectivity index (χ3n) is 6.05. The summed E-state index contributed by atoms with van der Waals surface area (Å²) in [5, 5.41) is 0. The van der Waals surface area contributed by atoms with Crippen LogP contribution in [0, 0.1) is 17.8 Å². The van der Waals surface area contributed by atoms with E-state index in [4.69, 9.17) is 4.12 Å². The Morgan fingerprint density at radius 1 is 0.714 bits per heavy atom. The third-order valence-corrected chi connectivity index (χ3v) is 8.12. The molecule has 0 saturated heterocycles. The molecule has 0 aliphatic heterocycles. The fourth-order valence-electron chi connectivity index (χ4n) is 4.81. The average Bonchev–Trinajstić information content (AvgIpc) is 2.41. The molecule has 0 aromatic heterocycles. The molecule has 0 bridgehead atoms. The minimum atomic E-state index is 0.302. The molecule has 0 amide bonds. The maximum absolute atomic E-state index is 5.69. The van der Waals surface area contributed by atoms with Crippen LogP contribution in [-0.2, 0) is 4.12 Å². The zero-order valence-electron chi connectivity index (χ0n) is 14.3. The van der Waals surface area contributed by atoms with Crippen LogP contribution in [0.25, 0.3) is 0 Å². The molecule has 0 spiro atoms. The Morgan fingerprint density at radius 2 is 1.10 bits per heavy atom. The highest BCUT2D eigenvalue weighted by Crippen LogP contribution is 2.40. The first-order chi connectivity index (χ1) is 10.4. The van der Waals surface area contributed by atoms with Crippen LogP contribution in [0.2, 0.25) is 6.04 Å². The van der Waals surface area contributed by atoms with E-state index in [1.807, 2.05) is 0 Å². The Kier molecular flexibility index (Phi) is 9.30. The Balaban J connectivity index is 1.95. The normalized spacial score (nSPS) is 24.4. The van der Waals surface area contributed by atoms with Gasteiger partial charge in [0.05, 0.1) is 0 Å². The SMILES string of the molecule is [SiH3]O[SiH]CC(C1CCCCCCC1)C1CCCCCCC1. The molecule has 3 heteroatoms. The average molecular weight is 326 g/mol. The van der Waals surface area contributed by atoms with Crippen molar-refractivity contribution in [1.29, 1.82) is 0 Å². The van der Waals surface area contributed by atoms with Crippen molar-refractivity contribution in [3.63, 3.8) is 0 Å². The quantitative estimate of drug-likeness (QED) is 0.681. The van der Waals surface area contributed by atoms with Crippen molar-refractivity contribution in [2.75, 3.05) is 0 Å². The first-order valence-corrected chi connectivity index (χ1v) is 11.9. The van der Waals surface area contributed by atoms with Gasteiger partial charge in [-0.2, -0.15) is 0 Å². The molecule has 1 nitrogen and oxygen atoms in total. The summed E-state index contributed by atoms with van der Waals surface area (Å²) in [6.07, 6.45) is 21.1. The predicted molar refractivity (Wildman–Crippen MR) is 98.1 cm³/mol. The van der Waals surface area contributed by atoms with E-state index in [1.54, 1.807) is 0 Å². The van der Waals surface area contributed by atoms with Crippen LogP contribution in [0.1, 0.15) is 89.9 Å². The molecule has 0 atom stereocenters. The van der Waals surface area contributed by atoms with Gasteiger partial charge in [-0.1, -0.05) is 89.9 Å². The molecule has 2 saturated carbocycles. The lowest BCUT2D eigenvalue weighted by Crippen LogP contribution is -2.27. The molecule has 1 radical (unpaired) electrons. The maximum atomic E-state index is 5.69. The second-order valence-electron chi connectivity index (χ2n) is 7.51. The van der Waals surface area contributed by atoms with Crippen LogP contribution in [0.15, 0.2) is 0 Å². The molecule has 21 heavy (non-hydrogen) atoms. The smallest absolute Gasteiger partial charge is 0.177 e. The fourth-order valence-corrected chi connectivity index (χ4v) is 6.57. The van der Waals surface area contributed by atoms with E-state index in [0.29, 0.717) is 9.76 Å².